The monoisotopic (exact) mass is 356 g/mol. The average molecular weight is 357 g/mol. The second-order valence-corrected chi connectivity index (χ2v) is 5.78. The highest BCUT2D eigenvalue weighted by Gasteiger charge is 2.07. The molecule has 0 spiro atoms. The smallest absolute Gasteiger partial charge is 0.317 e. The number of rotatable bonds is 10. The van der Waals surface area contributed by atoms with Gasteiger partial charge in [-0.2, -0.15) is 0 Å². The van der Waals surface area contributed by atoms with Crippen molar-refractivity contribution < 1.29 is 19.1 Å². The van der Waals surface area contributed by atoms with Crippen LogP contribution in [0.25, 0.3) is 0 Å². The number of carbonyl (C=O) groups is 2. The molecule has 0 bridgehead atoms. The molecule has 0 radical (unpaired) electrons. The van der Waals surface area contributed by atoms with E-state index in [1.807, 2.05) is 12.1 Å². The number of amides is 2. The first-order chi connectivity index (χ1) is 11.5. The molecule has 0 aliphatic heterocycles. The van der Waals surface area contributed by atoms with E-state index < -0.39 is 0 Å². The highest BCUT2D eigenvalue weighted by Crippen LogP contribution is 2.17. The average Bonchev–Trinajstić information content (AvgIpc) is 2.57. The Balaban J connectivity index is 2.08. The number of methoxy groups -OCH3 is 1. The Morgan fingerprint density at radius 2 is 2.04 bits per heavy atom. The maximum absolute atomic E-state index is 11.9. The van der Waals surface area contributed by atoms with Crippen molar-refractivity contribution in [2.45, 2.75) is 25.7 Å². The number of esters is 1. The largest absolute Gasteiger partial charge is 0.493 e. The highest BCUT2D eigenvalue weighted by atomic mass is 35.5. The SMILES string of the molecule is COC(=O)CCCCNC(=O)N(C)CCCOc1cccc(Cl)c1. The number of halogens is 1. The van der Waals surface area contributed by atoms with Gasteiger partial charge in [-0.1, -0.05) is 17.7 Å². The standard InChI is InChI=1S/C17H25ClN2O4/c1-20(17(22)19-10-4-3-9-16(21)23-2)11-6-12-24-15-8-5-7-14(18)13-15/h5,7-8,13H,3-4,6,9-12H2,1-2H3,(H,19,22). The van der Waals surface area contributed by atoms with Crippen LogP contribution in [0, 0.1) is 0 Å². The Morgan fingerprint density at radius 1 is 1.25 bits per heavy atom. The van der Waals surface area contributed by atoms with Crippen LogP contribution in [0.3, 0.4) is 0 Å². The van der Waals surface area contributed by atoms with Gasteiger partial charge in [0.2, 0.25) is 0 Å². The summed E-state index contributed by atoms with van der Waals surface area (Å²) in [6.07, 6.45) is 2.54. The van der Waals surface area contributed by atoms with E-state index in [1.54, 1.807) is 24.1 Å². The van der Waals surface area contributed by atoms with Crippen LogP contribution >= 0.6 is 11.6 Å². The number of unbranched alkanes of at least 4 members (excludes halogenated alkanes) is 1. The van der Waals surface area contributed by atoms with E-state index in [9.17, 15) is 9.59 Å². The molecular weight excluding hydrogens is 332 g/mol. The second-order valence-electron chi connectivity index (χ2n) is 5.35. The topological polar surface area (TPSA) is 67.9 Å². The first-order valence-electron chi connectivity index (χ1n) is 7.97. The van der Waals surface area contributed by atoms with E-state index in [1.165, 1.54) is 7.11 Å². The summed E-state index contributed by atoms with van der Waals surface area (Å²) in [5.74, 6) is 0.498. The zero-order chi connectivity index (χ0) is 17.8. The van der Waals surface area contributed by atoms with Crippen molar-refractivity contribution in [2.75, 3.05) is 33.9 Å². The molecule has 0 saturated carbocycles. The summed E-state index contributed by atoms with van der Waals surface area (Å²) in [7, 11) is 3.11. The van der Waals surface area contributed by atoms with Gasteiger partial charge in [-0.25, -0.2) is 4.79 Å². The molecule has 0 heterocycles. The van der Waals surface area contributed by atoms with Gasteiger partial charge < -0.3 is 19.7 Å². The zero-order valence-corrected chi connectivity index (χ0v) is 15.0. The van der Waals surface area contributed by atoms with Crippen LogP contribution in [0.1, 0.15) is 25.7 Å². The molecule has 0 saturated heterocycles. The Hall–Kier alpha value is -1.95. The number of hydrogen-bond acceptors (Lipinski definition) is 4. The van der Waals surface area contributed by atoms with Crippen molar-refractivity contribution in [3.05, 3.63) is 29.3 Å². The molecule has 7 heteroatoms. The fourth-order valence-corrected chi connectivity index (χ4v) is 2.16. The fraction of sp³-hybridized carbons (Fsp3) is 0.529. The molecule has 6 nitrogen and oxygen atoms in total. The molecule has 0 aliphatic rings. The summed E-state index contributed by atoms with van der Waals surface area (Å²) in [5.41, 5.74) is 0. The van der Waals surface area contributed by atoms with Crippen LogP contribution in [-0.2, 0) is 9.53 Å². The van der Waals surface area contributed by atoms with Gasteiger partial charge in [0.15, 0.2) is 0 Å². The lowest BCUT2D eigenvalue weighted by molar-refractivity contribution is -0.140. The van der Waals surface area contributed by atoms with Crippen LogP contribution in [0.5, 0.6) is 5.75 Å². The minimum Gasteiger partial charge on any atom is -0.493 e. The number of nitrogens with zero attached hydrogens (tertiary/aromatic N) is 1. The third-order valence-electron chi connectivity index (χ3n) is 3.36. The molecule has 0 fully saturated rings. The quantitative estimate of drug-likeness (QED) is 0.516. The van der Waals surface area contributed by atoms with Crippen LogP contribution in [-0.4, -0.2) is 50.8 Å². The number of nitrogens with one attached hydrogen (secondary N) is 1. The van der Waals surface area contributed by atoms with Crippen LogP contribution in [0.2, 0.25) is 5.02 Å². The summed E-state index contributed by atoms with van der Waals surface area (Å²) in [6, 6.07) is 7.09. The lowest BCUT2D eigenvalue weighted by Crippen LogP contribution is -2.38. The van der Waals surface area contributed by atoms with Gasteiger partial charge in [0.05, 0.1) is 13.7 Å². The van der Waals surface area contributed by atoms with Gasteiger partial charge in [-0.05, 0) is 37.5 Å². The normalized spacial score (nSPS) is 10.1. The second kappa shape index (κ2) is 11.6. The first-order valence-corrected chi connectivity index (χ1v) is 8.35. The number of carbonyl (C=O) groups excluding carboxylic acids is 2. The molecule has 2 amide bonds. The maximum Gasteiger partial charge on any atom is 0.317 e. The lowest BCUT2D eigenvalue weighted by Gasteiger charge is -2.18. The molecule has 1 aromatic carbocycles. The predicted molar refractivity (Wildman–Crippen MR) is 93.5 cm³/mol. The zero-order valence-electron chi connectivity index (χ0n) is 14.2. The molecule has 0 aromatic heterocycles. The predicted octanol–water partition coefficient (Wildman–Crippen LogP) is 3.09. The van der Waals surface area contributed by atoms with E-state index in [2.05, 4.69) is 10.1 Å². The summed E-state index contributed by atoms with van der Waals surface area (Å²) in [6.45, 7) is 1.64. The highest BCUT2D eigenvalue weighted by molar-refractivity contribution is 6.30. The number of urea groups is 1. The van der Waals surface area contributed by atoms with Crippen LogP contribution < -0.4 is 10.1 Å². The molecule has 134 valence electrons. The van der Waals surface area contributed by atoms with E-state index in [0.717, 1.165) is 18.6 Å². The Kier molecular flexibility index (Phi) is 9.68. The van der Waals surface area contributed by atoms with E-state index in [4.69, 9.17) is 16.3 Å². The Labute approximate surface area is 148 Å². The molecular formula is C17H25ClN2O4. The van der Waals surface area contributed by atoms with Crippen molar-refractivity contribution in [3.63, 3.8) is 0 Å². The van der Waals surface area contributed by atoms with Crippen molar-refractivity contribution >= 4 is 23.6 Å². The van der Waals surface area contributed by atoms with Crippen LogP contribution in [0.4, 0.5) is 4.79 Å². The number of benzene rings is 1. The summed E-state index contributed by atoms with van der Waals surface area (Å²) >= 11 is 5.88. The van der Waals surface area contributed by atoms with Gasteiger partial charge in [0.25, 0.3) is 0 Å². The third-order valence-corrected chi connectivity index (χ3v) is 3.60. The van der Waals surface area contributed by atoms with Gasteiger partial charge in [0.1, 0.15) is 5.75 Å². The summed E-state index contributed by atoms with van der Waals surface area (Å²) in [5, 5.41) is 3.45. The van der Waals surface area contributed by atoms with Crippen molar-refractivity contribution in [3.8, 4) is 5.75 Å². The third kappa shape index (κ3) is 8.62. The number of ether oxygens (including phenoxy) is 2. The summed E-state index contributed by atoms with van der Waals surface area (Å²) in [4.78, 5) is 24.4. The Morgan fingerprint density at radius 3 is 2.75 bits per heavy atom. The van der Waals surface area contributed by atoms with Crippen molar-refractivity contribution in [1.82, 2.24) is 10.2 Å². The maximum atomic E-state index is 11.9. The molecule has 24 heavy (non-hydrogen) atoms. The summed E-state index contributed by atoms with van der Waals surface area (Å²) < 4.78 is 10.1. The minimum absolute atomic E-state index is 0.129. The van der Waals surface area contributed by atoms with Gasteiger partial charge >= 0.3 is 12.0 Å². The molecule has 1 rings (SSSR count). The van der Waals surface area contributed by atoms with Crippen molar-refractivity contribution in [1.29, 1.82) is 0 Å². The van der Waals surface area contributed by atoms with E-state index in [-0.39, 0.29) is 12.0 Å². The Bertz CT molecular complexity index is 525. The van der Waals surface area contributed by atoms with Gasteiger partial charge in [-0.3, -0.25) is 4.79 Å². The van der Waals surface area contributed by atoms with Crippen molar-refractivity contribution in [2.24, 2.45) is 0 Å². The molecule has 0 aliphatic carbocycles. The van der Waals surface area contributed by atoms with E-state index >= 15 is 0 Å². The molecule has 1 aromatic rings. The molecule has 0 atom stereocenters. The molecule has 1 N–H and O–H groups in total. The van der Waals surface area contributed by atoms with E-state index in [0.29, 0.717) is 37.6 Å². The fourth-order valence-electron chi connectivity index (χ4n) is 1.98. The van der Waals surface area contributed by atoms with Gasteiger partial charge in [-0.15, -0.1) is 0 Å². The minimum atomic E-state index is -0.224. The lowest BCUT2D eigenvalue weighted by atomic mass is 10.2. The number of hydrogen-bond donors (Lipinski definition) is 1. The first kappa shape index (κ1) is 20.1. The van der Waals surface area contributed by atoms with Gasteiger partial charge in [0, 0.05) is 31.6 Å². The molecule has 0 unspecified atom stereocenters. The van der Waals surface area contributed by atoms with Crippen LogP contribution in [0.15, 0.2) is 24.3 Å².